The van der Waals surface area contributed by atoms with E-state index in [0.29, 0.717) is 0 Å². The first-order chi connectivity index (χ1) is 8.04. The van der Waals surface area contributed by atoms with Crippen molar-refractivity contribution in [3.8, 4) is 0 Å². The van der Waals surface area contributed by atoms with Gasteiger partial charge in [0.2, 0.25) is 10.0 Å². The smallest absolute Gasteiger partial charge is 0.357 e. The van der Waals surface area contributed by atoms with Gasteiger partial charge in [0.1, 0.15) is 4.90 Å². The van der Waals surface area contributed by atoms with Crippen molar-refractivity contribution < 1.29 is 23.4 Å². The van der Waals surface area contributed by atoms with Gasteiger partial charge in [0.15, 0.2) is 5.69 Å². The van der Waals surface area contributed by atoms with Gasteiger partial charge in [0.05, 0.1) is 11.3 Å². The number of aromatic amines is 1. The lowest BCUT2D eigenvalue weighted by atomic mass is 10.1. The topological polar surface area (TPSA) is 132 Å². The lowest BCUT2D eigenvalue weighted by Gasteiger charge is -2.17. The van der Waals surface area contributed by atoms with Crippen LogP contribution in [-0.2, 0) is 10.0 Å². The number of carboxylic acid groups (broad SMARTS) is 1. The van der Waals surface area contributed by atoms with E-state index in [2.05, 4.69) is 14.9 Å². The molecule has 0 aromatic carbocycles. The summed E-state index contributed by atoms with van der Waals surface area (Å²) >= 11 is 0. The highest BCUT2D eigenvalue weighted by Crippen LogP contribution is 2.17. The van der Waals surface area contributed by atoms with Crippen molar-refractivity contribution in [2.45, 2.75) is 31.3 Å². The molecule has 0 radical (unpaired) electrons. The average Bonchev–Trinajstić information content (AvgIpc) is 2.57. The predicted octanol–water partition coefficient (Wildman–Crippen LogP) is -0.534. The Morgan fingerprint density at radius 2 is 2.06 bits per heavy atom. The van der Waals surface area contributed by atoms with Gasteiger partial charge < -0.3 is 10.2 Å². The third kappa shape index (κ3) is 3.28. The van der Waals surface area contributed by atoms with Gasteiger partial charge in [-0.05, 0) is 20.8 Å². The van der Waals surface area contributed by atoms with Crippen LogP contribution in [0.1, 0.15) is 30.0 Å². The van der Waals surface area contributed by atoms with Crippen molar-refractivity contribution in [1.29, 1.82) is 0 Å². The van der Waals surface area contributed by atoms with Crippen molar-refractivity contribution in [3.05, 3.63) is 11.4 Å². The molecule has 0 aliphatic carbocycles. The van der Waals surface area contributed by atoms with Crippen LogP contribution in [0.2, 0.25) is 0 Å². The highest BCUT2D eigenvalue weighted by Gasteiger charge is 2.29. The molecule has 0 saturated carbocycles. The largest absolute Gasteiger partial charge is 0.476 e. The molecule has 0 atom stereocenters. The van der Waals surface area contributed by atoms with Crippen LogP contribution in [0.4, 0.5) is 0 Å². The third-order valence-electron chi connectivity index (χ3n) is 2.06. The summed E-state index contributed by atoms with van der Waals surface area (Å²) < 4.78 is 26.0. The van der Waals surface area contributed by atoms with Crippen LogP contribution in [0, 0.1) is 6.92 Å². The lowest BCUT2D eigenvalue weighted by Crippen LogP contribution is -2.38. The maximum absolute atomic E-state index is 11.9. The van der Waals surface area contributed by atoms with E-state index >= 15 is 0 Å². The number of sulfonamides is 1. The summed E-state index contributed by atoms with van der Waals surface area (Å²) in [5, 5.41) is 24.0. The molecule has 8 nitrogen and oxygen atoms in total. The van der Waals surface area contributed by atoms with Crippen molar-refractivity contribution in [1.82, 2.24) is 14.9 Å². The van der Waals surface area contributed by atoms with Crippen molar-refractivity contribution in [2.75, 3.05) is 6.54 Å². The van der Waals surface area contributed by atoms with Gasteiger partial charge in [-0.1, -0.05) is 0 Å². The number of aromatic nitrogens is 2. The van der Waals surface area contributed by atoms with Gasteiger partial charge >= 0.3 is 5.97 Å². The van der Waals surface area contributed by atoms with E-state index in [1.807, 2.05) is 0 Å². The Balaban J connectivity index is 3.13. The molecule has 18 heavy (non-hydrogen) atoms. The van der Waals surface area contributed by atoms with Crippen LogP contribution in [0.25, 0.3) is 0 Å². The normalized spacial score (nSPS) is 12.7. The van der Waals surface area contributed by atoms with Gasteiger partial charge in [-0.2, -0.15) is 5.10 Å². The van der Waals surface area contributed by atoms with E-state index in [-0.39, 0.29) is 12.2 Å². The Labute approximate surface area is 104 Å². The predicted molar refractivity (Wildman–Crippen MR) is 61.8 cm³/mol. The third-order valence-corrected chi connectivity index (χ3v) is 3.62. The first kappa shape index (κ1) is 14.6. The summed E-state index contributed by atoms with van der Waals surface area (Å²) in [7, 11) is -4.04. The number of nitrogens with one attached hydrogen (secondary N) is 2. The molecule has 1 heterocycles. The minimum atomic E-state index is -4.04. The Morgan fingerprint density at radius 1 is 1.50 bits per heavy atom. The summed E-state index contributed by atoms with van der Waals surface area (Å²) in [6, 6.07) is 0. The number of aromatic carboxylic acids is 1. The van der Waals surface area contributed by atoms with Crippen LogP contribution in [0.5, 0.6) is 0 Å². The second-order valence-corrected chi connectivity index (χ2v) is 6.17. The Hall–Kier alpha value is -1.45. The van der Waals surface area contributed by atoms with E-state index in [1.54, 1.807) is 0 Å². The summed E-state index contributed by atoms with van der Waals surface area (Å²) in [6.07, 6.45) is 0. The van der Waals surface area contributed by atoms with E-state index in [1.165, 1.54) is 20.8 Å². The fourth-order valence-electron chi connectivity index (χ4n) is 1.24. The molecule has 4 N–H and O–H groups in total. The zero-order chi connectivity index (χ0) is 14.1. The van der Waals surface area contributed by atoms with E-state index < -0.39 is 32.2 Å². The standard InChI is InChI=1S/C9H15N3O5S/c1-5-7(6(8(13)14)12-11-5)18(16,17)10-4-9(2,3)15/h10,15H,4H2,1-3H3,(H,11,12)(H,13,14). The average molecular weight is 277 g/mol. The number of carboxylic acids is 1. The van der Waals surface area contributed by atoms with Crippen LogP contribution >= 0.6 is 0 Å². The second kappa shape index (κ2) is 4.67. The summed E-state index contributed by atoms with van der Waals surface area (Å²) in [5.74, 6) is -1.44. The van der Waals surface area contributed by atoms with Gasteiger partial charge in [0, 0.05) is 6.54 Å². The molecule has 0 bridgehead atoms. The molecule has 0 amide bonds. The molecule has 0 fully saturated rings. The molecule has 1 rings (SSSR count). The highest BCUT2D eigenvalue weighted by molar-refractivity contribution is 7.89. The number of H-pyrrole nitrogens is 1. The molecule has 1 aromatic heterocycles. The Kier molecular flexibility index (Phi) is 3.79. The fraction of sp³-hybridized carbons (Fsp3) is 0.556. The van der Waals surface area contributed by atoms with Crippen LogP contribution in [0.3, 0.4) is 0 Å². The first-order valence-corrected chi connectivity index (χ1v) is 6.53. The first-order valence-electron chi connectivity index (χ1n) is 5.05. The SMILES string of the molecule is Cc1[nH]nc(C(=O)O)c1S(=O)(=O)NCC(C)(C)O. The number of aryl methyl sites for hydroxylation is 1. The molecule has 0 aliphatic rings. The van der Waals surface area contributed by atoms with E-state index in [9.17, 15) is 18.3 Å². The maximum Gasteiger partial charge on any atom is 0.357 e. The van der Waals surface area contributed by atoms with Gasteiger partial charge in [-0.25, -0.2) is 17.9 Å². The fourth-order valence-corrected chi connectivity index (χ4v) is 2.76. The highest BCUT2D eigenvalue weighted by atomic mass is 32.2. The zero-order valence-corrected chi connectivity index (χ0v) is 11.0. The molecule has 9 heteroatoms. The van der Waals surface area contributed by atoms with Crippen molar-refractivity contribution in [3.63, 3.8) is 0 Å². The molecule has 102 valence electrons. The molecule has 0 spiro atoms. The second-order valence-electron chi connectivity index (χ2n) is 4.47. The van der Waals surface area contributed by atoms with E-state index in [4.69, 9.17) is 5.11 Å². The Morgan fingerprint density at radius 3 is 2.50 bits per heavy atom. The molecule has 0 unspecified atom stereocenters. The minimum Gasteiger partial charge on any atom is -0.476 e. The zero-order valence-electron chi connectivity index (χ0n) is 10.2. The quantitative estimate of drug-likeness (QED) is 0.571. The summed E-state index contributed by atoms with van der Waals surface area (Å²) in [4.78, 5) is 10.4. The number of hydrogen-bond donors (Lipinski definition) is 4. The Bertz CT molecular complexity index is 555. The van der Waals surface area contributed by atoms with Crippen molar-refractivity contribution in [2.24, 2.45) is 0 Å². The monoisotopic (exact) mass is 277 g/mol. The molecular formula is C9H15N3O5S. The van der Waals surface area contributed by atoms with Crippen molar-refractivity contribution >= 4 is 16.0 Å². The summed E-state index contributed by atoms with van der Waals surface area (Å²) in [5.41, 5.74) is -1.69. The van der Waals surface area contributed by atoms with Crippen LogP contribution in [-0.4, -0.2) is 46.9 Å². The number of rotatable bonds is 5. The lowest BCUT2D eigenvalue weighted by molar-refractivity contribution is 0.0686. The number of nitrogens with zero attached hydrogens (tertiary/aromatic N) is 1. The molecule has 0 saturated heterocycles. The van der Waals surface area contributed by atoms with Crippen LogP contribution < -0.4 is 4.72 Å². The molecule has 0 aliphatic heterocycles. The van der Waals surface area contributed by atoms with Gasteiger partial charge in [0.25, 0.3) is 0 Å². The maximum atomic E-state index is 11.9. The molecule has 1 aromatic rings. The van der Waals surface area contributed by atoms with Crippen LogP contribution in [0.15, 0.2) is 4.90 Å². The number of aliphatic hydroxyl groups is 1. The number of carbonyl (C=O) groups is 1. The number of hydrogen-bond acceptors (Lipinski definition) is 5. The van der Waals surface area contributed by atoms with Gasteiger partial charge in [-0.3, -0.25) is 5.10 Å². The van der Waals surface area contributed by atoms with Gasteiger partial charge in [-0.15, -0.1) is 0 Å². The van der Waals surface area contributed by atoms with E-state index in [0.717, 1.165) is 0 Å². The minimum absolute atomic E-state index is 0.121. The molecular weight excluding hydrogens is 262 g/mol. The summed E-state index contributed by atoms with van der Waals surface area (Å²) in [6.45, 7) is 4.02.